The molecule has 0 aliphatic rings. The number of benzene rings is 1. The van der Waals surface area contributed by atoms with E-state index in [-0.39, 0.29) is 5.97 Å². The summed E-state index contributed by atoms with van der Waals surface area (Å²) in [5, 5.41) is 2.15. The average molecular weight is 368 g/mol. The summed E-state index contributed by atoms with van der Waals surface area (Å²) in [4.78, 5) is 13.7. The molecule has 0 bridgehead atoms. The molecule has 5 heteroatoms. The Morgan fingerprint density at radius 2 is 2.00 bits per heavy atom. The van der Waals surface area contributed by atoms with Crippen LogP contribution in [0.1, 0.15) is 16.7 Å². The second-order valence-corrected chi connectivity index (χ2v) is 7.24. The van der Waals surface area contributed by atoms with Gasteiger partial charge in [0.15, 0.2) is 0 Å². The molecular weight excluding hydrogens is 350 g/mol. The van der Waals surface area contributed by atoms with Crippen LogP contribution in [0, 0.1) is 0 Å². The summed E-state index contributed by atoms with van der Waals surface area (Å²) >= 11 is 5.18. The number of hydrogen-bond acceptors (Lipinski definition) is 4. The van der Waals surface area contributed by atoms with Crippen molar-refractivity contribution in [1.82, 2.24) is 4.90 Å². The smallest absolute Gasteiger partial charge is 0.309 e. The summed E-state index contributed by atoms with van der Waals surface area (Å²) in [5.41, 5.74) is 3.49. The maximum Gasteiger partial charge on any atom is 0.309 e. The van der Waals surface area contributed by atoms with Gasteiger partial charge in [-0.05, 0) is 51.1 Å². The first kappa shape index (κ1) is 16.2. The largest absolute Gasteiger partial charge is 0.469 e. The van der Waals surface area contributed by atoms with Gasteiger partial charge in [0.2, 0.25) is 0 Å². The van der Waals surface area contributed by atoms with Crippen LogP contribution in [0.2, 0.25) is 0 Å². The number of ether oxygens (including phenoxy) is 1. The van der Waals surface area contributed by atoms with Crippen LogP contribution in [0.5, 0.6) is 0 Å². The van der Waals surface area contributed by atoms with Gasteiger partial charge >= 0.3 is 5.97 Å². The number of thiophene rings is 1. The molecule has 2 aromatic rings. The number of esters is 1. The van der Waals surface area contributed by atoms with Gasteiger partial charge < -0.3 is 4.74 Å². The normalized spacial score (nSPS) is 10.9. The first-order valence-corrected chi connectivity index (χ1v) is 8.31. The van der Waals surface area contributed by atoms with E-state index in [2.05, 4.69) is 45.4 Å². The van der Waals surface area contributed by atoms with E-state index in [0.717, 1.165) is 22.4 Å². The molecule has 0 saturated carbocycles. The number of nitrogens with zero attached hydrogens (tertiary/aromatic N) is 1. The van der Waals surface area contributed by atoms with E-state index in [1.54, 1.807) is 11.3 Å². The minimum absolute atomic E-state index is 0.202. The zero-order valence-corrected chi connectivity index (χ0v) is 14.5. The second kappa shape index (κ2) is 7.73. The molecule has 1 aromatic heterocycles. The van der Waals surface area contributed by atoms with Crippen molar-refractivity contribution < 1.29 is 9.53 Å². The van der Waals surface area contributed by atoms with Gasteiger partial charge in [-0.1, -0.05) is 24.3 Å². The fraction of sp³-hybridized carbons (Fsp3) is 0.312. The van der Waals surface area contributed by atoms with Crippen molar-refractivity contribution in [1.29, 1.82) is 0 Å². The molecule has 0 spiro atoms. The summed E-state index contributed by atoms with van der Waals surface area (Å²) in [7, 11) is 3.51. The fourth-order valence-corrected chi connectivity index (χ4v) is 3.40. The molecule has 0 radical (unpaired) electrons. The predicted molar refractivity (Wildman–Crippen MR) is 89.4 cm³/mol. The molecule has 2 rings (SSSR count). The Kier molecular flexibility index (Phi) is 5.96. The molecule has 1 aromatic carbocycles. The Hall–Kier alpha value is -1.17. The van der Waals surface area contributed by atoms with Gasteiger partial charge in [0.1, 0.15) is 0 Å². The van der Waals surface area contributed by atoms with Crippen LogP contribution in [0.15, 0.2) is 39.5 Å². The van der Waals surface area contributed by atoms with E-state index in [1.165, 1.54) is 18.2 Å². The molecule has 0 unspecified atom stereocenters. The highest BCUT2D eigenvalue weighted by atomic mass is 79.9. The van der Waals surface area contributed by atoms with Crippen LogP contribution in [0.25, 0.3) is 0 Å². The van der Waals surface area contributed by atoms with E-state index >= 15 is 0 Å². The van der Waals surface area contributed by atoms with Crippen LogP contribution in [0.4, 0.5) is 0 Å². The molecule has 21 heavy (non-hydrogen) atoms. The standard InChI is InChI=1S/C16H18BrNO2S/c1-18(9-12-7-15(17)21-11-12)10-14-6-4-3-5-13(14)8-16(19)20-2/h3-7,11H,8-10H2,1-2H3. The summed E-state index contributed by atoms with van der Waals surface area (Å²) in [6.07, 6.45) is 0.324. The molecule has 3 nitrogen and oxygen atoms in total. The first-order valence-electron chi connectivity index (χ1n) is 6.63. The molecule has 0 saturated heterocycles. The van der Waals surface area contributed by atoms with Crippen LogP contribution in [-0.4, -0.2) is 25.0 Å². The lowest BCUT2D eigenvalue weighted by atomic mass is 10.0. The lowest BCUT2D eigenvalue weighted by molar-refractivity contribution is -0.139. The van der Waals surface area contributed by atoms with E-state index in [0.29, 0.717) is 6.42 Å². The maximum absolute atomic E-state index is 11.5. The number of hydrogen-bond donors (Lipinski definition) is 0. The average Bonchev–Trinajstić information content (AvgIpc) is 2.86. The number of halogens is 1. The van der Waals surface area contributed by atoms with Gasteiger partial charge in [-0.15, -0.1) is 11.3 Å². The third-order valence-electron chi connectivity index (χ3n) is 3.20. The molecule has 0 amide bonds. The van der Waals surface area contributed by atoms with Crippen molar-refractivity contribution >= 4 is 33.2 Å². The molecule has 0 fully saturated rings. The Labute approximate surface area is 137 Å². The monoisotopic (exact) mass is 367 g/mol. The lowest BCUT2D eigenvalue weighted by Crippen LogP contribution is -2.18. The van der Waals surface area contributed by atoms with Crippen molar-refractivity contribution in [3.63, 3.8) is 0 Å². The fourth-order valence-electron chi connectivity index (χ4n) is 2.20. The zero-order valence-electron chi connectivity index (χ0n) is 12.1. The molecule has 1 heterocycles. The van der Waals surface area contributed by atoms with Crippen molar-refractivity contribution in [2.24, 2.45) is 0 Å². The maximum atomic E-state index is 11.5. The zero-order chi connectivity index (χ0) is 15.2. The quantitative estimate of drug-likeness (QED) is 0.726. The van der Waals surface area contributed by atoms with Gasteiger partial charge in [-0.3, -0.25) is 9.69 Å². The van der Waals surface area contributed by atoms with Gasteiger partial charge in [-0.25, -0.2) is 0 Å². The van der Waals surface area contributed by atoms with Crippen LogP contribution < -0.4 is 0 Å². The highest BCUT2D eigenvalue weighted by molar-refractivity contribution is 9.11. The number of rotatable bonds is 6. The summed E-state index contributed by atoms with van der Waals surface area (Å²) in [6.45, 7) is 1.69. The summed E-state index contributed by atoms with van der Waals surface area (Å²) < 4.78 is 5.91. The number of carbonyl (C=O) groups excluding carboxylic acids is 1. The third kappa shape index (κ3) is 4.95. The third-order valence-corrected chi connectivity index (χ3v) is 4.75. The molecule has 0 atom stereocenters. The van der Waals surface area contributed by atoms with Gasteiger partial charge in [-0.2, -0.15) is 0 Å². The van der Waals surface area contributed by atoms with Crippen LogP contribution in [0.3, 0.4) is 0 Å². The van der Waals surface area contributed by atoms with E-state index in [4.69, 9.17) is 4.74 Å². The highest BCUT2D eigenvalue weighted by Crippen LogP contribution is 2.22. The Balaban J connectivity index is 2.03. The van der Waals surface area contributed by atoms with Crippen molar-refractivity contribution in [3.05, 3.63) is 56.2 Å². The van der Waals surface area contributed by atoms with Crippen LogP contribution >= 0.6 is 27.3 Å². The molecule has 0 aliphatic heterocycles. The minimum atomic E-state index is -0.202. The minimum Gasteiger partial charge on any atom is -0.469 e. The van der Waals surface area contributed by atoms with Crippen LogP contribution in [-0.2, 0) is 29.0 Å². The van der Waals surface area contributed by atoms with Gasteiger partial charge in [0, 0.05) is 13.1 Å². The van der Waals surface area contributed by atoms with Crippen molar-refractivity contribution in [3.8, 4) is 0 Å². The van der Waals surface area contributed by atoms with E-state index in [9.17, 15) is 4.79 Å². The Morgan fingerprint density at radius 1 is 1.29 bits per heavy atom. The van der Waals surface area contributed by atoms with Gasteiger partial charge in [0.25, 0.3) is 0 Å². The topological polar surface area (TPSA) is 29.5 Å². The summed E-state index contributed by atoms with van der Waals surface area (Å²) in [5.74, 6) is -0.202. The predicted octanol–water partition coefficient (Wildman–Crippen LogP) is 3.86. The van der Waals surface area contributed by atoms with E-state index < -0.39 is 0 Å². The SMILES string of the molecule is COC(=O)Cc1ccccc1CN(C)Cc1csc(Br)c1. The summed E-state index contributed by atoms with van der Waals surface area (Å²) in [6, 6.07) is 10.2. The van der Waals surface area contributed by atoms with Crippen molar-refractivity contribution in [2.75, 3.05) is 14.2 Å². The van der Waals surface area contributed by atoms with E-state index in [1.807, 2.05) is 18.2 Å². The van der Waals surface area contributed by atoms with Gasteiger partial charge in [0.05, 0.1) is 17.3 Å². The lowest BCUT2D eigenvalue weighted by Gasteiger charge is -2.18. The Bertz CT molecular complexity index is 612. The Morgan fingerprint density at radius 3 is 2.62 bits per heavy atom. The molecule has 0 aliphatic carbocycles. The number of carbonyl (C=O) groups is 1. The molecule has 112 valence electrons. The second-order valence-electron chi connectivity index (χ2n) is 4.95. The molecule has 0 N–H and O–H groups in total. The highest BCUT2D eigenvalue weighted by Gasteiger charge is 2.10. The van der Waals surface area contributed by atoms with Crippen molar-refractivity contribution in [2.45, 2.75) is 19.5 Å². The molecular formula is C16H18BrNO2S. The first-order chi connectivity index (χ1) is 10.1. The number of methoxy groups -OCH3 is 1.